The number of fused-ring (bicyclic) bond motifs is 1. The van der Waals surface area contributed by atoms with E-state index in [1.54, 1.807) is 6.07 Å². The summed E-state index contributed by atoms with van der Waals surface area (Å²) >= 11 is 0. The van der Waals surface area contributed by atoms with Gasteiger partial charge >= 0.3 is 22.4 Å². The van der Waals surface area contributed by atoms with Crippen LogP contribution in [0.5, 0.6) is 5.88 Å². The van der Waals surface area contributed by atoms with Gasteiger partial charge in [0.05, 0.1) is 5.52 Å². The number of pyridine rings is 1. The van der Waals surface area contributed by atoms with Crippen molar-refractivity contribution in [2.45, 2.75) is 0 Å². The molecule has 0 aliphatic carbocycles. The van der Waals surface area contributed by atoms with Gasteiger partial charge in [0, 0.05) is 5.39 Å². The fourth-order valence-electron chi connectivity index (χ4n) is 1.05. The van der Waals surface area contributed by atoms with Crippen LogP contribution in [0.4, 0.5) is 0 Å². The Bertz CT molecular complexity index is 389. The van der Waals surface area contributed by atoms with E-state index in [1.165, 1.54) is 6.07 Å². The van der Waals surface area contributed by atoms with E-state index in [0.29, 0.717) is 0 Å². The van der Waals surface area contributed by atoms with Gasteiger partial charge in [-0.15, -0.1) is 0 Å². The van der Waals surface area contributed by atoms with Crippen LogP contribution in [0.3, 0.4) is 0 Å². The maximum Gasteiger partial charge on any atom is 1.00 e. The Morgan fingerprint density at radius 1 is 1.00 bits per heavy atom. The summed E-state index contributed by atoms with van der Waals surface area (Å²) < 4.78 is 0. The van der Waals surface area contributed by atoms with Crippen LogP contribution in [0.25, 0.3) is 10.9 Å². The van der Waals surface area contributed by atoms with Crippen LogP contribution in [0, 0.1) is 0 Å². The van der Waals surface area contributed by atoms with E-state index < -0.39 is 0 Å². The van der Waals surface area contributed by atoms with E-state index >= 15 is 0 Å². The summed E-state index contributed by atoms with van der Waals surface area (Å²) in [6, 6.07) is 10.8. The predicted octanol–water partition coefficient (Wildman–Crippen LogP) is 1.31. The number of rotatable bonds is 0. The third-order valence-electron chi connectivity index (χ3n) is 1.57. The van der Waals surface area contributed by atoms with Crippen molar-refractivity contribution in [3.8, 4) is 5.88 Å². The van der Waals surface area contributed by atoms with Crippen LogP contribution in [-0.2, 0) is 22.4 Å². The topological polar surface area (TPSA) is 36.0 Å². The predicted molar refractivity (Wildman–Crippen MR) is 41.2 cm³/mol. The minimum atomic E-state index is -0.177. The molecule has 2 aromatic rings. The summed E-state index contributed by atoms with van der Waals surface area (Å²) in [5.74, 6) is -0.177. The summed E-state index contributed by atoms with van der Waals surface area (Å²) in [6.45, 7) is 0. The number of nitrogens with zero attached hydrogens (tertiary/aromatic N) is 1. The molecule has 1 aromatic heterocycles. The van der Waals surface area contributed by atoms with Crippen molar-refractivity contribution < 1.29 is 27.5 Å². The van der Waals surface area contributed by atoms with Crippen molar-refractivity contribution in [3.05, 3.63) is 36.4 Å². The quantitative estimate of drug-likeness (QED) is 0.662. The first-order valence-electron chi connectivity index (χ1n) is 3.39. The van der Waals surface area contributed by atoms with Crippen LogP contribution in [0.2, 0.25) is 0 Å². The number of hydrogen-bond donors (Lipinski definition) is 0. The van der Waals surface area contributed by atoms with Crippen molar-refractivity contribution in [1.82, 2.24) is 4.98 Å². The minimum absolute atomic E-state index is 0. The van der Waals surface area contributed by atoms with Gasteiger partial charge in [0.2, 0.25) is 0 Å². The monoisotopic (exact) mass is 251 g/mol. The van der Waals surface area contributed by atoms with Crippen LogP contribution in [-0.4, -0.2) is 4.98 Å². The smallest absolute Gasteiger partial charge is 0.859 e. The fourth-order valence-corrected chi connectivity index (χ4v) is 1.05. The Balaban J connectivity index is 0.000000720. The molecule has 1 heterocycles. The number of benzene rings is 1. The van der Waals surface area contributed by atoms with Gasteiger partial charge in [0.25, 0.3) is 0 Å². The van der Waals surface area contributed by atoms with E-state index in [2.05, 4.69) is 4.98 Å². The number of aromatic nitrogens is 1. The molecule has 0 saturated heterocycles. The maximum atomic E-state index is 10.8. The minimum Gasteiger partial charge on any atom is -0.859 e. The molecule has 2 rings (SSSR count). The van der Waals surface area contributed by atoms with Crippen LogP contribution >= 0.6 is 0 Å². The third kappa shape index (κ3) is 1.67. The molecule has 0 unspecified atom stereocenters. The first kappa shape index (κ1) is 9.26. The first-order chi connectivity index (χ1) is 5.36. The second-order valence-electron chi connectivity index (χ2n) is 2.34. The van der Waals surface area contributed by atoms with E-state index in [9.17, 15) is 5.11 Å². The molecular formula is C9H6AgNO. The molecule has 2 nitrogen and oxygen atoms in total. The van der Waals surface area contributed by atoms with E-state index in [1.807, 2.05) is 24.3 Å². The zero-order valence-electron chi connectivity index (χ0n) is 6.12. The standard InChI is InChI=1S/C9H7NO.Ag/c11-9-6-5-7-3-1-2-4-8(7)10-9;/h1-6H,(H,10,11);/q;+1/p-1. The molecule has 0 fully saturated rings. The fraction of sp³-hybridized carbons (Fsp3) is 0. The van der Waals surface area contributed by atoms with Crippen molar-refractivity contribution in [3.63, 3.8) is 0 Å². The van der Waals surface area contributed by atoms with Crippen LogP contribution in [0.1, 0.15) is 0 Å². The first-order valence-corrected chi connectivity index (χ1v) is 3.39. The molecule has 3 heteroatoms. The molecule has 64 valence electrons. The van der Waals surface area contributed by atoms with Gasteiger partial charge in [-0.05, 0) is 11.9 Å². The Kier molecular flexibility index (Phi) is 2.87. The summed E-state index contributed by atoms with van der Waals surface area (Å²) in [6.07, 6.45) is 0. The molecule has 0 aliphatic heterocycles. The molecule has 1 aromatic carbocycles. The molecule has 0 N–H and O–H groups in total. The average molecular weight is 252 g/mol. The second kappa shape index (κ2) is 3.72. The van der Waals surface area contributed by atoms with E-state index in [-0.39, 0.29) is 28.3 Å². The summed E-state index contributed by atoms with van der Waals surface area (Å²) in [7, 11) is 0. The summed E-state index contributed by atoms with van der Waals surface area (Å²) in [5.41, 5.74) is 0.764. The van der Waals surface area contributed by atoms with Crippen molar-refractivity contribution in [1.29, 1.82) is 0 Å². The van der Waals surface area contributed by atoms with Gasteiger partial charge in [-0.1, -0.05) is 30.3 Å². The molecule has 12 heavy (non-hydrogen) atoms. The Hall–Kier alpha value is -0.830. The summed E-state index contributed by atoms with van der Waals surface area (Å²) in [4.78, 5) is 3.82. The van der Waals surface area contributed by atoms with Crippen LogP contribution in [0.15, 0.2) is 36.4 Å². The largest absolute Gasteiger partial charge is 1.00 e. The molecule has 0 atom stereocenters. The van der Waals surface area contributed by atoms with Gasteiger partial charge < -0.3 is 5.11 Å². The molecule has 0 spiro atoms. The average Bonchev–Trinajstić information content (AvgIpc) is 2.04. The maximum absolute atomic E-state index is 10.8. The zero-order chi connectivity index (χ0) is 7.68. The normalized spacial score (nSPS) is 9.33. The van der Waals surface area contributed by atoms with Gasteiger partial charge in [0.1, 0.15) is 0 Å². The number of hydrogen-bond acceptors (Lipinski definition) is 2. The Morgan fingerprint density at radius 3 is 2.58 bits per heavy atom. The molecule has 0 radical (unpaired) electrons. The molecule has 0 bridgehead atoms. The van der Waals surface area contributed by atoms with Gasteiger partial charge in [-0.25, -0.2) is 0 Å². The Labute approximate surface area is 85.8 Å². The third-order valence-corrected chi connectivity index (χ3v) is 1.57. The van der Waals surface area contributed by atoms with Gasteiger partial charge in [0.15, 0.2) is 0 Å². The molecule has 0 amide bonds. The van der Waals surface area contributed by atoms with Crippen LogP contribution < -0.4 is 5.11 Å². The molecular weight excluding hydrogens is 246 g/mol. The second-order valence-corrected chi connectivity index (χ2v) is 2.34. The Morgan fingerprint density at radius 2 is 1.75 bits per heavy atom. The molecule has 0 saturated carbocycles. The number of para-hydroxylation sites is 1. The van der Waals surface area contributed by atoms with Crippen molar-refractivity contribution in [2.24, 2.45) is 0 Å². The van der Waals surface area contributed by atoms with Crippen molar-refractivity contribution in [2.75, 3.05) is 0 Å². The molecule has 0 aliphatic rings. The van der Waals surface area contributed by atoms with Gasteiger partial charge in [-0.3, -0.25) is 4.98 Å². The van der Waals surface area contributed by atoms with Gasteiger partial charge in [-0.2, -0.15) is 0 Å². The summed E-state index contributed by atoms with van der Waals surface area (Å²) in [5, 5.41) is 11.8. The van der Waals surface area contributed by atoms with E-state index in [4.69, 9.17) is 0 Å². The zero-order valence-corrected chi connectivity index (χ0v) is 7.60. The SMILES string of the molecule is [Ag+].[O-]c1ccc2ccccc2n1. The van der Waals surface area contributed by atoms with E-state index in [0.717, 1.165) is 10.9 Å². The van der Waals surface area contributed by atoms with Crippen molar-refractivity contribution >= 4 is 10.9 Å².